The first-order valence-corrected chi connectivity index (χ1v) is 12.7. The molecule has 0 bridgehead atoms. The second-order valence-corrected chi connectivity index (χ2v) is 9.74. The van der Waals surface area contributed by atoms with Gasteiger partial charge in [0.05, 0.1) is 0 Å². The summed E-state index contributed by atoms with van der Waals surface area (Å²) in [7, 11) is 0. The van der Waals surface area contributed by atoms with Gasteiger partial charge in [0.25, 0.3) is 0 Å². The van der Waals surface area contributed by atoms with Crippen molar-refractivity contribution in [2.75, 3.05) is 45.8 Å². The van der Waals surface area contributed by atoms with Crippen molar-refractivity contribution in [1.82, 2.24) is 20.4 Å². The molecule has 1 saturated carbocycles. The number of nitrogens with zero attached hydrogens (tertiary/aromatic N) is 3. The third kappa shape index (κ3) is 7.44. The molecular formula is C24H45N5O. The van der Waals surface area contributed by atoms with Gasteiger partial charge in [0.1, 0.15) is 0 Å². The predicted octanol–water partition coefficient (Wildman–Crippen LogP) is 3.23. The predicted molar refractivity (Wildman–Crippen MR) is 125 cm³/mol. The van der Waals surface area contributed by atoms with Crippen LogP contribution in [-0.2, 0) is 4.79 Å². The molecule has 1 atom stereocenters. The Kier molecular flexibility index (Phi) is 9.76. The molecule has 172 valence electrons. The number of aliphatic imine (C=N–C) groups is 1. The molecule has 3 aliphatic rings. The lowest BCUT2D eigenvalue weighted by molar-refractivity contribution is -0.135. The zero-order chi connectivity index (χ0) is 21.2. The van der Waals surface area contributed by atoms with E-state index in [0.29, 0.717) is 11.9 Å². The van der Waals surface area contributed by atoms with E-state index in [-0.39, 0.29) is 5.92 Å². The van der Waals surface area contributed by atoms with Gasteiger partial charge in [-0.1, -0.05) is 26.2 Å². The highest BCUT2D eigenvalue weighted by Crippen LogP contribution is 2.26. The Bertz CT molecular complexity index is 538. The summed E-state index contributed by atoms with van der Waals surface area (Å²) in [6.45, 7) is 11.7. The zero-order valence-corrected chi connectivity index (χ0v) is 19.5. The second kappa shape index (κ2) is 12.5. The van der Waals surface area contributed by atoms with Gasteiger partial charge in [-0.15, -0.1) is 0 Å². The molecule has 30 heavy (non-hydrogen) atoms. The number of carbonyl (C=O) groups excluding carboxylic acids is 1. The number of hydrogen-bond donors (Lipinski definition) is 2. The Hall–Kier alpha value is -1.30. The second-order valence-electron chi connectivity index (χ2n) is 9.74. The molecule has 0 aromatic heterocycles. The molecule has 0 aromatic rings. The summed E-state index contributed by atoms with van der Waals surface area (Å²) in [5.74, 6) is 2.50. The molecule has 2 saturated heterocycles. The summed E-state index contributed by atoms with van der Waals surface area (Å²) in [5.41, 5.74) is 0. The Morgan fingerprint density at radius 3 is 2.50 bits per heavy atom. The Morgan fingerprint density at radius 2 is 1.77 bits per heavy atom. The smallest absolute Gasteiger partial charge is 0.225 e. The van der Waals surface area contributed by atoms with Gasteiger partial charge in [-0.25, -0.2) is 0 Å². The summed E-state index contributed by atoms with van der Waals surface area (Å²) >= 11 is 0. The van der Waals surface area contributed by atoms with E-state index in [1.807, 2.05) is 0 Å². The van der Waals surface area contributed by atoms with Crippen LogP contribution < -0.4 is 10.6 Å². The third-order valence-electron chi connectivity index (χ3n) is 7.17. The highest BCUT2D eigenvalue weighted by atomic mass is 16.2. The van der Waals surface area contributed by atoms with E-state index in [0.717, 1.165) is 63.7 Å². The minimum absolute atomic E-state index is 0.280. The van der Waals surface area contributed by atoms with Gasteiger partial charge in [0.15, 0.2) is 5.96 Å². The van der Waals surface area contributed by atoms with Gasteiger partial charge < -0.3 is 20.4 Å². The molecule has 0 radical (unpaired) electrons. The maximum absolute atomic E-state index is 12.8. The number of hydrogen-bond acceptors (Lipinski definition) is 3. The normalized spacial score (nSPS) is 24.9. The quantitative estimate of drug-likeness (QED) is 0.360. The Balaban J connectivity index is 1.35. The minimum atomic E-state index is 0.280. The lowest BCUT2D eigenvalue weighted by atomic mass is 9.88. The van der Waals surface area contributed by atoms with Gasteiger partial charge in [-0.2, -0.15) is 0 Å². The largest absolute Gasteiger partial charge is 0.357 e. The first kappa shape index (κ1) is 23.4. The van der Waals surface area contributed by atoms with E-state index in [1.165, 1.54) is 58.2 Å². The van der Waals surface area contributed by atoms with Crippen LogP contribution >= 0.6 is 0 Å². The monoisotopic (exact) mass is 419 g/mol. The number of nitrogens with one attached hydrogen (secondary N) is 2. The average Bonchev–Trinajstić information content (AvgIpc) is 3.23. The van der Waals surface area contributed by atoms with Gasteiger partial charge in [-0.3, -0.25) is 9.79 Å². The van der Waals surface area contributed by atoms with Gasteiger partial charge in [0.2, 0.25) is 5.91 Å². The standard InChI is InChI=1S/C24H45N5O/c1-3-25-24(26-14-7-8-15-28-16-11-20(2)12-17-28)27-22-13-18-29(19-22)23(30)21-9-5-4-6-10-21/h20-22H,3-19H2,1-2H3,(H2,25,26,27). The number of amides is 1. The SMILES string of the molecule is CCNC(=NCCCCN1CCC(C)CC1)NC1CCN(C(=O)C2CCCCC2)C1. The fraction of sp³-hybridized carbons (Fsp3) is 0.917. The average molecular weight is 420 g/mol. The lowest BCUT2D eigenvalue weighted by Gasteiger charge is -2.30. The number of rotatable bonds is 8. The number of likely N-dealkylation sites (tertiary alicyclic amines) is 2. The minimum Gasteiger partial charge on any atom is -0.357 e. The van der Waals surface area contributed by atoms with Crippen molar-refractivity contribution < 1.29 is 4.79 Å². The van der Waals surface area contributed by atoms with Crippen LogP contribution in [0.25, 0.3) is 0 Å². The van der Waals surface area contributed by atoms with Crippen molar-refractivity contribution in [2.45, 2.75) is 84.1 Å². The van der Waals surface area contributed by atoms with Crippen molar-refractivity contribution in [3.8, 4) is 0 Å². The van der Waals surface area contributed by atoms with Crippen LogP contribution in [0.3, 0.4) is 0 Å². The van der Waals surface area contributed by atoms with Crippen LogP contribution in [0.4, 0.5) is 0 Å². The molecule has 0 aromatic carbocycles. The summed E-state index contributed by atoms with van der Waals surface area (Å²) in [5, 5.41) is 6.97. The Morgan fingerprint density at radius 1 is 1.00 bits per heavy atom. The van der Waals surface area contributed by atoms with E-state index < -0.39 is 0 Å². The van der Waals surface area contributed by atoms with E-state index in [1.54, 1.807) is 0 Å². The molecule has 0 spiro atoms. The molecule has 1 aliphatic carbocycles. The summed E-state index contributed by atoms with van der Waals surface area (Å²) in [6, 6.07) is 0.325. The molecule has 1 amide bonds. The lowest BCUT2D eigenvalue weighted by Crippen LogP contribution is -2.45. The topological polar surface area (TPSA) is 60.0 Å². The number of unbranched alkanes of at least 4 members (excludes halogenated alkanes) is 1. The van der Waals surface area contributed by atoms with Crippen LogP contribution in [0.1, 0.15) is 78.1 Å². The van der Waals surface area contributed by atoms with Crippen molar-refractivity contribution in [1.29, 1.82) is 0 Å². The molecule has 3 fully saturated rings. The summed E-state index contributed by atoms with van der Waals surface area (Å²) in [4.78, 5) is 22.3. The van der Waals surface area contributed by atoms with Crippen molar-refractivity contribution in [3.63, 3.8) is 0 Å². The van der Waals surface area contributed by atoms with E-state index >= 15 is 0 Å². The van der Waals surface area contributed by atoms with Crippen LogP contribution in [0.15, 0.2) is 4.99 Å². The van der Waals surface area contributed by atoms with Crippen LogP contribution in [0.2, 0.25) is 0 Å². The maximum atomic E-state index is 12.8. The summed E-state index contributed by atoms with van der Waals surface area (Å²) in [6.07, 6.45) is 12.0. The van der Waals surface area contributed by atoms with Gasteiger partial charge in [0, 0.05) is 38.1 Å². The van der Waals surface area contributed by atoms with E-state index in [4.69, 9.17) is 4.99 Å². The molecule has 6 heteroatoms. The molecule has 3 rings (SSSR count). The van der Waals surface area contributed by atoms with Gasteiger partial charge in [-0.05, 0) is 77.4 Å². The highest BCUT2D eigenvalue weighted by Gasteiger charge is 2.31. The van der Waals surface area contributed by atoms with Crippen LogP contribution in [0.5, 0.6) is 0 Å². The fourth-order valence-electron chi connectivity index (χ4n) is 5.12. The number of carbonyl (C=O) groups is 1. The van der Waals surface area contributed by atoms with Crippen molar-refractivity contribution >= 4 is 11.9 Å². The first-order chi connectivity index (χ1) is 14.7. The molecule has 2 heterocycles. The van der Waals surface area contributed by atoms with E-state index in [9.17, 15) is 4.79 Å². The van der Waals surface area contributed by atoms with Crippen molar-refractivity contribution in [3.05, 3.63) is 0 Å². The summed E-state index contributed by atoms with van der Waals surface area (Å²) < 4.78 is 0. The third-order valence-corrected chi connectivity index (χ3v) is 7.17. The molecule has 1 unspecified atom stereocenters. The molecule has 2 aliphatic heterocycles. The van der Waals surface area contributed by atoms with Crippen molar-refractivity contribution in [2.24, 2.45) is 16.8 Å². The van der Waals surface area contributed by atoms with E-state index in [2.05, 4.69) is 34.3 Å². The molecule has 6 nitrogen and oxygen atoms in total. The van der Waals surface area contributed by atoms with Gasteiger partial charge >= 0.3 is 0 Å². The fourth-order valence-corrected chi connectivity index (χ4v) is 5.12. The number of piperidine rings is 1. The highest BCUT2D eigenvalue weighted by molar-refractivity contribution is 5.81. The van der Waals surface area contributed by atoms with Crippen LogP contribution in [0, 0.1) is 11.8 Å². The number of guanidine groups is 1. The zero-order valence-electron chi connectivity index (χ0n) is 19.5. The molecule has 2 N–H and O–H groups in total. The van der Waals surface area contributed by atoms with Crippen LogP contribution in [-0.4, -0.2) is 73.5 Å². The maximum Gasteiger partial charge on any atom is 0.225 e. The first-order valence-electron chi connectivity index (χ1n) is 12.7. The molecular weight excluding hydrogens is 374 g/mol. The Labute approximate surface area is 184 Å².